The van der Waals surface area contributed by atoms with E-state index in [2.05, 4.69) is 103 Å². The third kappa shape index (κ3) is 2.04. The lowest BCUT2D eigenvalue weighted by Crippen LogP contribution is -2.26. The van der Waals surface area contributed by atoms with Gasteiger partial charge >= 0.3 is 0 Å². The van der Waals surface area contributed by atoms with Crippen LogP contribution in [0.2, 0.25) is 0 Å². The Hall–Kier alpha value is -4.49. The minimum atomic E-state index is -0.275. The van der Waals surface area contributed by atoms with Crippen LogP contribution in [0.25, 0.3) is 44.3 Å². The molecule has 5 aromatic carbocycles. The quantitative estimate of drug-likeness (QED) is 0.225. The molecule has 36 heavy (non-hydrogen) atoms. The molecule has 0 N–H and O–H groups in total. The van der Waals surface area contributed by atoms with E-state index in [-0.39, 0.29) is 5.41 Å². The minimum absolute atomic E-state index is 0.275. The van der Waals surface area contributed by atoms with Crippen molar-refractivity contribution in [3.05, 3.63) is 149 Å². The molecule has 9 rings (SSSR count). The fourth-order valence-electron chi connectivity index (χ4n) is 7.40. The Morgan fingerprint density at radius 1 is 0.500 bits per heavy atom. The Morgan fingerprint density at radius 2 is 1.14 bits per heavy atom. The highest BCUT2D eigenvalue weighted by molar-refractivity contribution is 6.02. The van der Waals surface area contributed by atoms with Gasteiger partial charge in [-0.3, -0.25) is 4.98 Å². The van der Waals surface area contributed by atoms with E-state index in [0.717, 1.165) is 11.9 Å². The maximum atomic E-state index is 4.82. The largest absolute Gasteiger partial charge is 0.256 e. The Bertz CT molecular complexity index is 1880. The van der Waals surface area contributed by atoms with Gasteiger partial charge in [-0.2, -0.15) is 0 Å². The number of hydrogen-bond acceptors (Lipinski definition) is 1. The summed E-state index contributed by atoms with van der Waals surface area (Å²) in [6, 6.07) is 40.8. The van der Waals surface area contributed by atoms with Crippen molar-refractivity contribution in [1.82, 2.24) is 4.98 Å². The Balaban J connectivity index is 1.43. The van der Waals surface area contributed by atoms with Crippen molar-refractivity contribution >= 4 is 10.9 Å². The minimum Gasteiger partial charge on any atom is -0.256 e. The highest BCUT2D eigenvalue weighted by atomic mass is 14.7. The van der Waals surface area contributed by atoms with Gasteiger partial charge in [-0.05, 0) is 79.8 Å². The first kappa shape index (κ1) is 18.8. The lowest BCUT2D eigenvalue weighted by molar-refractivity contribution is 0.792. The van der Waals surface area contributed by atoms with Crippen LogP contribution in [-0.4, -0.2) is 4.98 Å². The summed E-state index contributed by atoms with van der Waals surface area (Å²) < 4.78 is 0. The van der Waals surface area contributed by atoms with E-state index in [1.807, 2.05) is 12.3 Å². The average Bonchev–Trinajstić information content (AvgIpc) is 3.55. The predicted molar refractivity (Wildman–Crippen MR) is 146 cm³/mol. The smallest absolute Gasteiger partial charge is 0.0783 e. The van der Waals surface area contributed by atoms with Crippen LogP contribution in [0.5, 0.6) is 0 Å². The molecule has 0 saturated heterocycles. The van der Waals surface area contributed by atoms with Crippen LogP contribution in [0, 0.1) is 0 Å². The van der Waals surface area contributed by atoms with Crippen molar-refractivity contribution in [3.63, 3.8) is 0 Å². The van der Waals surface area contributed by atoms with Crippen molar-refractivity contribution in [2.75, 3.05) is 0 Å². The molecule has 1 heteroatoms. The molecule has 166 valence electrons. The van der Waals surface area contributed by atoms with Gasteiger partial charge in [0.05, 0.1) is 10.9 Å². The van der Waals surface area contributed by atoms with Gasteiger partial charge in [0.1, 0.15) is 0 Å². The molecule has 1 nitrogen and oxygen atoms in total. The topological polar surface area (TPSA) is 12.9 Å². The van der Waals surface area contributed by atoms with Crippen molar-refractivity contribution in [1.29, 1.82) is 0 Å². The fourth-order valence-corrected chi connectivity index (χ4v) is 7.40. The maximum Gasteiger partial charge on any atom is 0.0783 e. The van der Waals surface area contributed by atoms with E-state index in [4.69, 9.17) is 4.98 Å². The van der Waals surface area contributed by atoms with Gasteiger partial charge < -0.3 is 0 Å². The summed E-state index contributed by atoms with van der Waals surface area (Å²) in [6.45, 7) is 0. The lowest BCUT2D eigenvalue weighted by atomic mass is 9.70. The standard InChI is InChI=1S/C35H21N/c1-4-12-29-24(9-1)25-10-2-5-13-30(25)35(29)31-14-6-3-11-26(31)28-20-27-23(19-32(28)35)18-22-16-15-21-8-7-17-36-34(21)33(22)27/h1-17,19-20H,18H2. The lowest BCUT2D eigenvalue weighted by Gasteiger charge is -2.30. The molecule has 3 aliphatic carbocycles. The second-order valence-corrected chi connectivity index (χ2v) is 10.3. The third-order valence-electron chi connectivity index (χ3n) is 8.73. The zero-order valence-corrected chi connectivity index (χ0v) is 19.6. The van der Waals surface area contributed by atoms with Gasteiger partial charge in [-0.15, -0.1) is 0 Å². The molecule has 1 aromatic heterocycles. The molecule has 0 atom stereocenters. The van der Waals surface area contributed by atoms with E-state index < -0.39 is 0 Å². The molecule has 0 saturated carbocycles. The SMILES string of the molecule is c1ccc2c(c1)-c1ccccc1C21c2ccccc2-c2cc3c(cc21)Cc1ccc2cccnc2c1-3. The number of pyridine rings is 1. The van der Waals surface area contributed by atoms with Crippen molar-refractivity contribution in [3.8, 4) is 33.4 Å². The Kier molecular flexibility index (Phi) is 3.33. The highest BCUT2D eigenvalue weighted by Gasteiger charge is 2.51. The van der Waals surface area contributed by atoms with Gasteiger partial charge in [0, 0.05) is 17.1 Å². The molecular formula is C35H21N. The van der Waals surface area contributed by atoms with E-state index in [1.165, 1.54) is 72.1 Å². The molecule has 6 aromatic rings. The van der Waals surface area contributed by atoms with Gasteiger partial charge in [0.15, 0.2) is 0 Å². The summed E-state index contributed by atoms with van der Waals surface area (Å²) >= 11 is 0. The van der Waals surface area contributed by atoms with Gasteiger partial charge in [0.25, 0.3) is 0 Å². The van der Waals surface area contributed by atoms with Gasteiger partial charge in [-0.1, -0.05) is 97.1 Å². The number of rotatable bonds is 0. The molecule has 0 bridgehead atoms. The first-order valence-corrected chi connectivity index (χ1v) is 12.7. The molecule has 1 heterocycles. The summed E-state index contributed by atoms with van der Waals surface area (Å²) in [5, 5.41) is 1.21. The molecule has 0 amide bonds. The molecule has 0 radical (unpaired) electrons. The number of nitrogens with zero attached hydrogens (tertiary/aromatic N) is 1. The van der Waals surface area contributed by atoms with Crippen LogP contribution in [-0.2, 0) is 11.8 Å². The van der Waals surface area contributed by atoms with Crippen LogP contribution >= 0.6 is 0 Å². The van der Waals surface area contributed by atoms with Crippen LogP contribution in [0.4, 0.5) is 0 Å². The summed E-state index contributed by atoms with van der Waals surface area (Å²) in [5.74, 6) is 0. The first-order valence-electron chi connectivity index (χ1n) is 12.7. The average molecular weight is 456 g/mol. The van der Waals surface area contributed by atoms with Crippen LogP contribution in [0.1, 0.15) is 33.4 Å². The molecule has 0 fully saturated rings. The summed E-state index contributed by atoms with van der Waals surface area (Å²) in [5.41, 5.74) is 17.3. The number of benzene rings is 5. The molecule has 0 aliphatic heterocycles. The Morgan fingerprint density at radius 3 is 1.83 bits per heavy atom. The van der Waals surface area contributed by atoms with E-state index in [1.54, 1.807) is 0 Å². The third-order valence-corrected chi connectivity index (χ3v) is 8.73. The van der Waals surface area contributed by atoms with Crippen molar-refractivity contribution in [2.24, 2.45) is 0 Å². The fraction of sp³-hybridized carbons (Fsp3) is 0.0571. The molecule has 0 unspecified atom stereocenters. The number of fused-ring (bicyclic) bond motifs is 15. The van der Waals surface area contributed by atoms with Gasteiger partial charge in [-0.25, -0.2) is 0 Å². The molecule has 3 aliphatic rings. The monoisotopic (exact) mass is 455 g/mol. The normalized spacial score (nSPS) is 14.8. The second-order valence-electron chi connectivity index (χ2n) is 10.3. The number of hydrogen-bond donors (Lipinski definition) is 0. The second kappa shape index (κ2) is 6.38. The van der Waals surface area contributed by atoms with E-state index in [9.17, 15) is 0 Å². The van der Waals surface area contributed by atoms with Crippen LogP contribution in [0.15, 0.2) is 115 Å². The summed E-state index contributed by atoms with van der Waals surface area (Å²) in [6.07, 6.45) is 2.88. The first-order chi connectivity index (χ1) is 17.9. The number of aromatic nitrogens is 1. The molecule has 1 spiro atoms. The maximum absolute atomic E-state index is 4.82. The summed E-state index contributed by atoms with van der Waals surface area (Å²) in [4.78, 5) is 4.82. The van der Waals surface area contributed by atoms with Crippen molar-refractivity contribution < 1.29 is 0 Å². The van der Waals surface area contributed by atoms with Crippen LogP contribution in [0.3, 0.4) is 0 Å². The highest BCUT2D eigenvalue weighted by Crippen LogP contribution is 2.63. The van der Waals surface area contributed by atoms with Crippen molar-refractivity contribution in [2.45, 2.75) is 11.8 Å². The zero-order valence-electron chi connectivity index (χ0n) is 19.6. The van der Waals surface area contributed by atoms with Crippen LogP contribution < -0.4 is 0 Å². The molecular weight excluding hydrogens is 434 g/mol. The van der Waals surface area contributed by atoms with E-state index in [0.29, 0.717) is 0 Å². The Labute approximate surface area is 209 Å². The van der Waals surface area contributed by atoms with Gasteiger partial charge in [0.2, 0.25) is 0 Å². The van der Waals surface area contributed by atoms with E-state index >= 15 is 0 Å². The predicted octanol–water partition coefficient (Wildman–Crippen LogP) is 8.15. The summed E-state index contributed by atoms with van der Waals surface area (Å²) in [7, 11) is 0. The zero-order chi connectivity index (χ0) is 23.4.